The molecule has 2 aromatic rings. The van der Waals surface area contributed by atoms with E-state index in [0.29, 0.717) is 5.56 Å². The highest BCUT2D eigenvalue weighted by Crippen LogP contribution is 2.26. The van der Waals surface area contributed by atoms with Gasteiger partial charge in [-0.05, 0) is 26.8 Å². The van der Waals surface area contributed by atoms with Crippen LogP contribution in [0.2, 0.25) is 0 Å². The fraction of sp³-hybridized carbons (Fsp3) is 0.333. The predicted molar refractivity (Wildman–Crippen MR) is 76.5 cm³/mol. The second-order valence-electron chi connectivity index (χ2n) is 5.32. The molecule has 0 radical (unpaired) electrons. The number of hydrogen-bond donors (Lipinski definition) is 1. The van der Waals surface area contributed by atoms with Gasteiger partial charge in [0.2, 0.25) is 0 Å². The predicted octanol–water partition coefficient (Wildman–Crippen LogP) is 3.23. The van der Waals surface area contributed by atoms with E-state index in [4.69, 9.17) is 4.74 Å². The Morgan fingerprint density at radius 1 is 1.26 bits per heavy atom. The first-order valence-corrected chi connectivity index (χ1v) is 6.21. The SMILES string of the molecule is CNc1c(C(=O)OC(C)(C)C)cnc2ccccc12. The molecule has 1 N–H and O–H groups in total. The van der Waals surface area contributed by atoms with Gasteiger partial charge in [-0.1, -0.05) is 18.2 Å². The number of esters is 1. The van der Waals surface area contributed by atoms with Crippen molar-refractivity contribution < 1.29 is 9.53 Å². The van der Waals surface area contributed by atoms with Crippen molar-refractivity contribution in [3.63, 3.8) is 0 Å². The Morgan fingerprint density at radius 3 is 2.58 bits per heavy atom. The van der Waals surface area contributed by atoms with E-state index in [-0.39, 0.29) is 5.97 Å². The van der Waals surface area contributed by atoms with Crippen LogP contribution in [-0.4, -0.2) is 23.6 Å². The number of aromatic nitrogens is 1. The van der Waals surface area contributed by atoms with Gasteiger partial charge >= 0.3 is 5.97 Å². The zero-order chi connectivity index (χ0) is 14.0. The zero-order valence-corrected chi connectivity index (χ0v) is 11.7. The maximum atomic E-state index is 12.2. The van der Waals surface area contributed by atoms with Crippen molar-refractivity contribution in [3.05, 3.63) is 36.0 Å². The maximum Gasteiger partial charge on any atom is 0.342 e. The number of anilines is 1. The lowest BCUT2D eigenvalue weighted by molar-refractivity contribution is 0.00704. The van der Waals surface area contributed by atoms with E-state index < -0.39 is 5.60 Å². The Kier molecular flexibility index (Phi) is 3.42. The van der Waals surface area contributed by atoms with E-state index in [9.17, 15) is 4.79 Å². The molecule has 0 aliphatic heterocycles. The highest BCUT2D eigenvalue weighted by Gasteiger charge is 2.21. The second kappa shape index (κ2) is 4.88. The summed E-state index contributed by atoms with van der Waals surface area (Å²) in [6.07, 6.45) is 1.56. The highest BCUT2D eigenvalue weighted by atomic mass is 16.6. The van der Waals surface area contributed by atoms with E-state index in [1.807, 2.05) is 45.0 Å². The molecule has 1 heterocycles. The first-order chi connectivity index (χ1) is 8.92. The third-order valence-corrected chi connectivity index (χ3v) is 2.64. The number of carbonyl (C=O) groups is 1. The number of fused-ring (bicyclic) bond motifs is 1. The van der Waals surface area contributed by atoms with Gasteiger partial charge in [-0.25, -0.2) is 4.79 Å². The summed E-state index contributed by atoms with van der Waals surface area (Å²) in [4.78, 5) is 16.5. The zero-order valence-electron chi connectivity index (χ0n) is 11.7. The number of rotatable bonds is 2. The summed E-state index contributed by atoms with van der Waals surface area (Å²) in [6, 6.07) is 7.68. The van der Waals surface area contributed by atoms with Crippen molar-refractivity contribution in [2.75, 3.05) is 12.4 Å². The molecule has 4 nitrogen and oxygen atoms in total. The monoisotopic (exact) mass is 258 g/mol. The summed E-state index contributed by atoms with van der Waals surface area (Å²) in [7, 11) is 1.79. The summed E-state index contributed by atoms with van der Waals surface area (Å²) in [5.74, 6) is -0.366. The average Bonchev–Trinajstić information content (AvgIpc) is 2.35. The van der Waals surface area contributed by atoms with Gasteiger partial charge in [-0.3, -0.25) is 4.98 Å². The summed E-state index contributed by atoms with van der Waals surface area (Å²) < 4.78 is 5.40. The first-order valence-electron chi connectivity index (χ1n) is 6.21. The van der Waals surface area contributed by atoms with Crippen LogP contribution < -0.4 is 5.32 Å². The number of hydrogen-bond acceptors (Lipinski definition) is 4. The minimum Gasteiger partial charge on any atom is -0.456 e. The molecule has 0 unspecified atom stereocenters. The second-order valence-corrected chi connectivity index (χ2v) is 5.32. The Balaban J connectivity index is 2.52. The molecule has 4 heteroatoms. The molecule has 2 rings (SSSR count). The van der Waals surface area contributed by atoms with E-state index in [2.05, 4.69) is 10.3 Å². The normalized spacial score (nSPS) is 11.4. The topological polar surface area (TPSA) is 51.2 Å². The number of benzene rings is 1. The lowest BCUT2D eigenvalue weighted by Crippen LogP contribution is -2.24. The van der Waals surface area contributed by atoms with E-state index in [1.165, 1.54) is 0 Å². The lowest BCUT2D eigenvalue weighted by Gasteiger charge is -2.20. The first kappa shape index (κ1) is 13.3. The number of nitrogens with zero attached hydrogens (tertiary/aromatic N) is 1. The van der Waals surface area contributed by atoms with Crippen LogP contribution in [0.15, 0.2) is 30.5 Å². The van der Waals surface area contributed by atoms with Gasteiger partial charge < -0.3 is 10.1 Å². The number of para-hydroxylation sites is 1. The summed E-state index contributed by atoms with van der Waals surface area (Å²) >= 11 is 0. The molecule has 100 valence electrons. The summed E-state index contributed by atoms with van der Waals surface area (Å²) in [5.41, 5.74) is 1.53. The number of ether oxygens (including phenoxy) is 1. The Hall–Kier alpha value is -2.10. The third-order valence-electron chi connectivity index (χ3n) is 2.64. The molecule has 0 aliphatic carbocycles. The molecular weight excluding hydrogens is 240 g/mol. The molecule has 19 heavy (non-hydrogen) atoms. The van der Waals surface area contributed by atoms with Crippen LogP contribution in [0.1, 0.15) is 31.1 Å². The molecule has 1 aromatic carbocycles. The molecule has 0 saturated heterocycles. The van der Waals surface area contributed by atoms with Gasteiger partial charge in [0.1, 0.15) is 11.2 Å². The smallest absolute Gasteiger partial charge is 0.342 e. The van der Waals surface area contributed by atoms with Crippen molar-refractivity contribution in [2.45, 2.75) is 26.4 Å². The van der Waals surface area contributed by atoms with Crippen LogP contribution >= 0.6 is 0 Å². The quantitative estimate of drug-likeness (QED) is 0.840. The van der Waals surface area contributed by atoms with Gasteiger partial charge in [0, 0.05) is 18.6 Å². The van der Waals surface area contributed by atoms with E-state index in [1.54, 1.807) is 13.2 Å². The van der Waals surface area contributed by atoms with Gasteiger partial charge in [0.05, 0.1) is 11.2 Å². The lowest BCUT2D eigenvalue weighted by atomic mass is 10.1. The van der Waals surface area contributed by atoms with Crippen LogP contribution in [0.4, 0.5) is 5.69 Å². The number of carbonyl (C=O) groups excluding carboxylic acids is 1. The van der Waals surface area contributed by atoms with Crippen LogP contribution in [0.25, 0.3) is 10.9 Å². The summed E-state index contributed by atoms with van der Waals surface area (Å²) in [6.45, 7) is 5.54. The molecule has 1 aromatic heterocycles. The number of pyridine rings is 1. The van der Waals surface area contributed by atoms with Crippen molar-refractivity contribution in [2.24, 2.45) is 0 Å². The van der Waals surface area contributed by atoms with E-state index in [0.717, 1.165) is 16.6 Å². The molecule has 0 fully saturated rings. The largest absolute Gasteiger partial charge is 0.456 e. The van der Waals surface area contributed by atoms with Crippen molar-refractivity contribution in [3.8, 4) is 0 Å². The molecule has 0 spiro atoms. The maximum absolute atomic E-state index is 12.2. The van der Waals surface area contributed by atoms with Gasteiger partial charge in [-0.15, -0.1) is 0 Å². The van der Waals surface area contributed by atoms with Crippen LogP contribution in [0.3, 0.4) is 0 Å². The minimum absolute atomic E-state index is 0.366. The molecule has 0 bridgehead atoms. The third kappa shape index (κ3) is 2.84. The van der Waals surface area contributed by atoms with E-state index >= 15 is 0 Å². The van der Waals surface area contributed by atoms with Gasteiger partial charge in [0.15, 0.2) is 0 Å². The molecule has 0 amide bonds. The van der Waals surface area contributed by atoms with Crippen molar-refractivity contribution in [1.82, 2.24) is 4.98 Å². The Bertz CT molecular complexity index is 615. The highest BCUT2D eigenvalue weighted by molar-refractivity contribution is 6.04. The standard InChI is InChI=1S/C15H18N2O2/c1-15(2,3)19-14(18)11-9-17-12-8-6-5-7-10(12)13(11)16-4/h5-9H,1-4H3,(H,16,17). The van der Waals surface area contributed by atoms with Gasteiger partial charge in [0.25, 0.3) is 0 Å². The minimum atomic E-state index is -0.520. The Labute approximate surface area is 112 Å². The fourth-order valence-corrected chi connectivity index (χ4v) is 1.90. The van der Waals surface area contributed by atoms with Crippen LogP contribution in [0.5, 0.6) is 0 Å². The molecule has 0 aliphatic rings. The van der Waals surface area contributed by atoms with Gasteiger partial charge in [-0.2, -0.15) is 0 Å². The summed E-state index contributed by atoms with van der Waals surface area (Å²) in [5, 5.41) is 3.97. The number of nitrogens with one attached hydrogen (secondary N) is 1. The molecular formula is C15H18N2O2. The van der Waals surface area contributed by atoms with Crippen LogP contribution in [0, 0.1) is 0 Å². The van der Waals surface area contributed by atoms with Crippen molar-refractivity contribution >= 4 is 22.6 Å². The Morgan fingerprint density at radius 2 is 1.95 bits per heavy atom. The molecule has 0 atom stereocenters. The van der Waals surface area contributed by atoms with Crippen LogP contribution in [-0.2, 0) is 4.74 Å². The fourth-order valence-electron chi connectivity index (χ4n) is 1.90. The van der Waals surface area contributed by atoms with Crippen molar-refractivity contribution in [1.29, 1.82) is 0 Å². The molecule has 0 saturated carbocycles. The average molecular weight is 258 g/mol.